The van der Waals surface area contributed by atoms with Gasteiger partial charge in [-0.15, -0.1) is 0 Å². The van der Waals surface area contributed by atoms with E-state index in [-0.39, 0.29) is 10.8 Å². The van der Waals surface area contributed by atoms with Crippen molar-refractivity contribution >= 4 is 11.9 Å². The van der Waals surface area contributed by atoms with Crippen molar-refractivity contribution in [1.29, 1.82) is 0 Å². The molecule has 1 atom stereocenters. The summed E-state index contributed by atoms with van der Waals surface area (Å²) in [6, 6.07) is 0. The van der Waals surface area contributed by atoms with Crippen molar-refractivity contribution in [1.82, 2.24) is 0 Å². The van der Waals surface area contributed by atoms with Gasteiger partial charge < -0.3 is 9.47 Å². The average Bonchev–Trinajstić information content (AvgIpc) is 2.47. The Labute approximate surface area is 142 Å². The molecule has 0 aliphatic rings. The summed E-state index contributed by atoms with van der Waals surface area (Å²) in [6.07, 6.45) is -2.44. The molecule has 0 aromatic heterocycles. The van der Waals surface area contributed by atoms with Crippen LogP contribution in [0.1, 0.15) is 60.8 Å². The summed E-state index contributed by atoms with van der Waals surface area (Å²) >= 11 is 0. The molecule has 4 nitrogen and oxygen atoms in total. The normalized spacial score (nSPS) is 14.2. The Morgan fingerprint density at radius 1 is 0.958 bits per heavy atom. The first-order chi connectivity index (χ1) is 10.7. The summed E-state index contributed by atoms with van der Waals surface area (Å²) in [5.74, 6) is -2.23. The molecule has 0 aromatic carbocycles. The number of hydrogen-bond donors (Lipinski definition) is 0. The fourth-order valence-corrected chi connectivity index (χ4v) is 2.06. The predicted octanol–water partition coefficient (Wildman–Crippen LogP) is 4.51. The SMILES string of the molecule is CCC(C)(C)CC(C(=O)OCC(=O)OCC(F)(F)F)C(C)(C)CC. The Balaban J connectivity index is 4.81. The number of halogens is 3. The molecule has 0 spiro atoms. The first kappa shape index (κ1) is 22.7. The molecule has 0 fully saturated rings. The van der Waals surface area contributed by atoms with E-state index in [1.54, 1.807) is 0 Å². The van der Waals surface area contributed by atoms with Crippen LogP contribution < -0.4 is 0 Å². The standard InChI is InChI=1S/C17H29F3O4/c1-7-15(3,4)9-12(16(5,6)8-2)14(22)23-10-13(21)24-11-17(18,19)20/h12H,7-11H2,1-6H3. The minimum atomic E-state index is -4.60. The van der Waals surface area contributed by atoms with Gasteiger partial charge in [0.1, 0.15) is 0 Å². The van der Waals surface area contributed by atoms with Gasteiger partial charge in [0.2, 0.25) is 0 Å². The van der Waals surface area contributed by atoms with Crippen LogP contribution in [0.4, 0.5) is 13.2 Å². The minimum absolute atomic E-state index is 0.0904. The second-order valence-corrected chi connectivity index (χ2v) is 7.50. The average molecular weight is 354 g/mol. The molecule has 7 heteroatoms. The molecule has 142 valence electrons. The van der Waals surface area contributed by atoms with E-state index in [4.69, 9.17) is 4.74 Å². The van der Waals surface area contributed by atoms with Crippen molar-refractivity contribution < 1.29 is 32.2 Å². The molecule has 1 unspecified atom stereocenters. The number of carbonyl (C=O) groups excluding carboxylic acids is 2. The number of ether oxygens (including phenoxy) is 2. The van der Waals surface area contributed by atoms with Crippen LogP contribution in [0.5, 0.6) is 0 Å². The van der Waals surface area contributed by atoms with Crippen LogP contribution in [0.25, 0.3) is 0 Å². The van der Waals surface area contributed by atoms with Crippen molar-refractivity contribution in [3.05, 3.63) is 0 Å². The molecule has 0 radical (unpaired) electrons. The zero-order valence-electron chi connectivity index (χ0n) is 15.4. The number of carbonyl (C=O) groups is 2. The second kappa shape index (κ2) is 8.72. The number of hydrogen-bond acceptors (Lipinski definition) is 4. The van der Waals surface area contributed by atoms with Crippen LogP contribution in [0.15, 0.2) is 0 Å². The summed E-state index contributed by atoms with van der Waals surface area (Å²) in [5, 5.41) is 0. The van der Waals surface area contributed by atoms with Crippen molar-refractivity contribution in [3.8, 4) is 0 Å². The Kier molecular flexibility index (Phi) is 8.26. The monoisotopic (exact) mass is 354 g/mol. The zero-order valence-corrected chi connectivity index (χ0v) is 15.4. The fourth-order valence-electron chi connectivity index (χ4n) is 2.06. The molecule has 0 bridgehead atoms. The first-order valence-electron chi connectivity index (χ1n) is 8.13. The van der Waals surface area contributed by atoms with Gasteiger partial charge in [-0.25, -0.2) is 4.79 Å². The van der Waals surface area contributed by atoms with Gasteiger partial charge in [0, 0.05) is 0 Å². The third kappa shape index (κ3) is 8.55. The van der Waals surface area contributed by atoms with Gasteiger partial charge >= 0.3 is 18.1 Å². The maximum atomic E-state index is 12.4. The topological polar surface area (TPSA) is 52.6 Å². The molecule has 0 aliphatic carbocycles. The van der Waals surface area contributed by atoms with E-state index in [0.717, 1.165) is 12.8 Å². The highest BCUT2D eigenvalue weighted by molar-refractivity contribution is 5.78. The number of rotatable bonds is 9. The molecule has 0 heterocycles. The van der Waals surface area contributed by atoms with Gasteiger partial charge in [0.05, 0.1) is 5.92 Å². The van der Waals surface area contributed by atoms with E-state index in [0.29, 0.717) is 6.42 Å². The van der Waals surface area contributed by atoms with E-state index < -0.39 is 37.2 Å². The maximum Gasteiger partial charge on any atom is 0.422 e. The lowest BCUT2D eigenvalue weighted by molar-refractivity contribution is -0.190. The third-order valence-corrected chi connectivity index (χ3v) is 4.58. The molecule has 0 saturated heterocycles. The highest BCUT2D eigenvalue weighted by Crippen LogP contribution is 2.40. The van der Waals surface area contributed by atoms with Crippen LogP contribution in [0, 0.1) is 16.7 Å². The Morgan fingerprint density at radius 3 is 1.92 bits per heavy atom. The van der Waals surface area contributed by atoms with Crippen molar-refractivity contribution in [3.63, 3.8) is 0 Å². The van der Waals surface area contributed by atoms with Gasteiger partial charge in [0.15, 0.2) is 13.2 Å². The van der Waals surface area contributed by atoms with E-state index in [2.05, 4.69) is 4.74 Å². The molecule has 0 saturated carbocycles. The molecule has 24 heavy (non-hydrogen) atoms. The summed E-state index contributed by atoms with van der Waals surface area (Å²) in [4.78, 5) is 23.7. The lowest BCUT2D eigenvalue weighted by Crippen LogP contribution is -2.36. The Bertz CT molecular complexity index is 428. The third-order valence-electron chi connectivity index (χ3n) is 4.58. The molecule has 0 aromatic rings. The van der Waals surface area contributed by atoms with Crippen LogP contribution in [-0.2, 0) is 19.1 Å². The summed E-state index contributed by atoms with van der Waals surface area (Å²) < 4.78 is 44.9. The Hall–Kier alpha value is -1.27. The van der Waals surface area contributed by atoms with E-state index in [9.17, 15) is 22.8 Å². The molecule has 0 rings (SSSR count). The molecular formula is C17H29F3O4. The lowest BCUT2D eigenvalue weighted by atomic mass is 9.68. The highest BCUT2D eigenvalue weighted by atomic mass is 19.4. The maximum absolute atomic E-state index is 12.4. The van der Waals surface area contributed by atoms with Gasteiger partial charge in [-0.3, -0.25) is 4.79 Å². The van der Waals surface area contributed by atoms with Crippen LogP contribution in [0.3, 0.4) is 0 Å². The first-order valence-corrected chi connectivity index (χ1v) is 8.13. The molecule has 0 N–H and O–H groups in total. The van der Waals surface area contributed by atoms with Gasteiger partial charge in [-0.1, -0.05) is 54.4 Å². The van der Waals surface area contributed by atoms with Crippen LogP contribution >= 0.6 is 0 Å². The quantitative estimate of drug-likeness (QED) is 0.572. The van der Waals surface area contributed by atoms with E-state index >= 15 is 0 Å². The lowest BCUT2D eigenvalue weighted by Gasteiger charge is -2.37. The number of alkyl halides is 3. The van der Waals surface area contributed by atoms with Crippen LogP contribution in [0.2, 0.25) is 0 Å². The van der Waals surface area contributed by atoms with Crippen LogP contribution in [-0.4, -0.2) is 31.3 Å². The summed E-state index contributed by atoms with van der Waals surface area (Å²) in [6.45, 7) is 9.44. The highest BCUT2D eigenvalue weighted by Gasteiger charge is 2.39. The van der Waals surface area contributed by atoms with Crippen molar-refractivity contribution in [2.24, 2.45) is 16.7 Å². The summed E-state index contributed by atoms with van der Waals surface area (Å²) in [7, 11) is 0. The summed E-state index contributed by atoms with van der Waals surface area (Å²) in [5.41, 5.74) is -0.438. The smallest absolute Gasteiger partial charge is 0.422 e. The zero-order chi connectivity index (χ0) is 19.2. The van der Waals surface area contributed by atoms with Gasteiger partial charge in [-0.2, -0.15) is 13.2 Å². The fraction of sp³-hybridized carbons (Fsp3) is 0.882. The Morgan fingerprint density at radius 2 is 1.50 bits per heavy atom. The minimum Gasteiger partial charge on any atom is -0.454 e. The van der Waals surface area contributed by atoms with Crippen molar-refractivity contribution in [2.75, 3.05) is 13.2 Å². The molecular weight excluding hydrogens is 325 g/mol. The van der Waals surface area contributed by atoms with E-state index in [1.807, 2.05) is 41.5 Å². The molecule has 0 aliphatic heterocycles. The second-order valence-electron chi connectivity index (χ2n) is 7.50. The van der Waals surface area contributed by atoms with Crippen molar-refractivity contribution in [2.45, 2.75) is 67.0 Å². The predicted molar refractivity (Wildman–Crippen MR) is 84.2 cm³/mol. The van der Waals surface area contributed by atoms with E-state index in [1.165, 1.54) is 0 Å². The molecule has 0 amide bonds. The largest absolute Gasteiger partial charge is 0.454 e. The van der Waals surface area contributed by atoms with Gasteiger partial charge in [0.25, 0.3) is 0 Å². The van der Waals surface area contributed by atoms with Gasteiger partial charge in [-0.05, 0) is 17.3 Å². The number of esters is 2.